The molecule has 1 N–H and O–H groups in total. The molecule has 1 amide bonds. The molecule has 0 radical (unpaired) electrons. The summed E-state index contributed by atoms with van der Waals surface area (Å²) >= 11 is 1.31. The predicted octanol–water partition coefficient (Wildman–Crippen LogP) is 3.96. The topological polar surface area (TPSA) is 101 Å². The van der Waals surface area contributed by atoms with Gasteiger partial charge in [-0.05, 0) is 42.2 Å². The second-order valence-corrected chi connectivity index (χ2v) is 10.8. The fourth-order valence-electron chi connectivity index (χ4n) is 3.71. The largest absolute Gasteiger partial charge is 0.495 e. The summed E-state index contributed by atoms with van der Waals surface area (Å²) in [5, 5.41) is 12.1. The van der Waals surface area contributed by atoms with Crippen LogP contribution in [0, 0.1) is 0 Å². The van der Waals surface area contributed by atoms with E-state index >= 15 is 0 Å². The number of benzene rings is 2. The molecule has 1 aliphatic heterocycles. The summed E-state index contributed by atoms with van der Waals surface area (Å²) in [6.07, 6.45) is 6.28. The molecule has 1 fully saturated rings. The Labute approximate surface area is 203 Å². The molecule has 2 aromatic carbocycles. The van der Waals surface area contributed by atoms with Crippen LogP contribution in [0.4, 0.5) is 5.13 Å². The Kier molecular flexibility index (Phi) is 7.71. The van der Waals surface area contributed by atoms with E-state index in [-0.39, 0.29) is 16.6 Å². The molecular formula is C24H26N4O4S2. The second-order valence-electron chi connectivity index (χ2n) is 7.86. The summed E-state index contributed by atoms with van der Waals surface area (Å²) in [6, 6.07) is 14.8. The van der Waals surface area contributed by atoms with E-state index in [4.69, 9.17) is 4.74 Å². The van der Waals surface area contributed by atoms with Crippen LogP contribution in [0.3, 0.4) is 0 Å². The van der Waals surface area contributed by atoms with Crippen LogP contribution in [0.15, 0.2) is 59.5 Å². The number of carbonyl (C=O) groups excluding carboxylic acids is 1. The predicted molar refractivity (Wildman–Crippen MR) is 132 cm³/mol. The van der Waals surface area contributed by atoms with E-state index in [1.807, 2.05) is 30.3 Å². The van der Waals surface area contributed by atoms with Crippen molar-refractivity contribution in [2.75, 3.05) is 25.5 Å². The minimum Gasteiger partial charge on any atom is -0.495 e. The highest BCUT2D eigenvalue weighted by atomic mass is 32.2. The van der Waals surface area contributed by atoms with Gasteiger partial charge in [0, 0.05) is 25.6 Å². The molecular weight excluding hydrogens is 472 g/mol. The van der Waals surface area contributed by atoms with Gasteiger partial charge in [0.25, 0.3) is 0 Å². The van der Waals surface area contributed by atoms with Crippen molar-refractivity contribution in [1.82, 2.24) is 14.5 Å². The molecule has 2 heterocycles. The summed E-state index contributed by atoms with van der Waals surface area (Å²) in [5.74, 6) is -0.0920. The average Bonchev–Trinajstić information content (AvgIpc) is 3.30. The van der Waals surface area contributed by atoms with Gasteiger partial charge in [-0.2, -0.15) is 4.31 Å². The first kappa shape index (κ1) is 24.1. The summed E-state index contributed by atoms with van der Waals surface area (Å²) < 4.78 is 33.1. The van der Waals surface area contributed by atoms with Crippen LogP contribution in [-0.2, 0) is 21.2 Å². The molecule has 1 aliphatic rings. The Bertz CT molecular complexity index is 1270. The number of hydrogen-bond acceptors (Lipinski definition) is 7. The maximum atomic E-state index is 13.2. The number of piperidine rings is 1. The Morgan fingerprint density at radius 2 is 1.88 bits per heavy atom. The van der Waals surface area contributed by atoms with Crippen molar-refractivity contribution in [3.8, 4) is 5.75 Å². The van der Waals surface area contributed by atoms with Crippen molar-refractivity contribution in [2.45, 2.75) is 30.6 Å². The van der Waals surface area contributed by atoms with Gasteiger partial charge < -0.3 is 4.74 Å². The van der Waals surface area contributed by atoms with E-state index in [1.165, 1.54) is 34.9 Å². The van der Waals surface area contributed by atoms with Crippen LogP contribution in [0.1, 0.15) is 35.4 Å². The van der Waals surface area contributed by atoms with E-state index in [0.717, 1.165) is 29.8 Å². The molecule has 8 nitrogen and oxygen atoms in total. The number of hydrogen-bond donors (Lipinski definition) is 1. The maximum absolute atomic E-state index is 13.2. The van der Waals surface area contributed by atoms with Crippen LogP contribution < -0.4 is 10.1 Å². The van der Waals surface area contributed by atoms with Crippen LogP contribution in [0.2, 0.25) is 0 Å². The lowest BCUT2D eigenvalue weighted by atomic mass is 10.2. The van der Waals surface area contributed by atoms with E-state index < -0.39 is 10.0 Å². The summed E-state index contributed by atoms with van der Waals surface area (Å²) in [7, 11) is -2.23. The molecule has 1 saturated heterocycles. The monoisotopic (exact) mass is 498 g/mol. The smallest absolute Gasteiger partial charge is 0.250 e. The second kappa shape index (κ2) is 10.9. The quantitative estimate of drug-likeness (QED) is 0.472. The van der Waals surface area contributed by atoms with Crippen molar-refractivity contribution >= 4 is 38.5 Å². The van der Waals surface area contributed by atoms with Gasteiger partial charge in [-0.3, -0.25) is 10.1 Å². The Morgan fingerprint density at radius 1 is 1.12 bits per heavy atom. The minimum atomic E-state index is -3.68. The third-order valence-corrected chi connectivity index (χ3v) is 8.20. The van der Waals surface area contributed by atoms with Gasteiger partial charge in [-0.15, -0.1) is 10.2 Å². The van der Waals surface area contributed by atoms with Crippen LogP contribution >= 0.6 is 11.3 Å². The number of ether oxygens (including phenoxy) is 1. The van der Waals surface area contributed by atoms with Gasteiger partial charge in [0.05, 0.1) is 7.11 Å². The Balaban J connectivity index is 1.44. The van der Waals surface area contributed by atoms with Gasteiger partial charge >= 0.3 is 0 Å². The van der Waals surface area contributed by atoms with Gasteiger partial charge in [0.1, 0.15) is 15.7 Å². The summed E-state index contributed by atoms with van der Waals surface area (Å²) in [4.78, 5) is 12.5. The number of nitrogens with zero attached hydrogens (tertiary/aromatic N) is 3. The van der Waals surface area contributed by atoms with E-state index in [0.29, 0.717) is 30.2 Å². The number of carbonyl (C=O) groups is 1. The number of amides is 1. The van der Waals surface area contributed by atoms with Crippen molar-refractivity contribution in [3.05, 3.63) is 70.7 Å². The van der Waals surface area contributed by atoms with E-state index in [2.05, 4.69) is 15.5 Å². The molecule has 4 rings (SSSR count). The van der Waals surface area contributed by atoms with E-state index in [1.54, 1.807) is 18.2 Å². The van der Waals surface area contributed by atoms with Gasteiger partial charge in [-0.25, -0.2) is 8.42 Å². The normalized spacial score (nSPS) is 14.9. The fourth-order valence-corrected chi connectivity index (χ4v) is 6.19. The molecule has 178 valence electrons. The number of nitrogens with one attached hydrogen (secondary N) is 1. The molecule has 0 atom stereocenters. The molecule has 0 saturated carbocycles. The lowest BCUT2D eigenvalue weighted by Gasteiger charge is -2.26. The highest BCUT2D eigenvalue weighted by molar-refractivity contribution is 7.89. The SMILES string of the molecule is COc1ccc(/C=C/C(=O)Nc2nnc(Cc3ccccc3)s2)cc1S(=O)(=O)N1CCCCC1. The highest BCUT2D eigenvalue weighted by Gasteiger charge is 2.29. The molecule has 0 aliphatic carbocycles. The van der Waals surface area contributed by atoms with Gasteiger partial charge in [0.15, 0.2) is 0 Å². The van der Waals surface area contributed by atoms with Gasteiger partial charge in [0.2, 0.25) is 21.1 Å². The molecule has 3 aromatic rings. The van der Waals surface area contributed by atoms with Crippen LogP contribution in [0.5, 0.6) is 5.75 Å². The first-order valence-corrected chi connectivity index (χ1v) is 13.2. The zero-order chi connectivity index (χ0) is 24.0. The Hall–Kier alpha value is -3.08. The standard InChI is InChI=1S/C24H26N4O4S2/c1-32-20-12-10-19(16-21(20)34(30,31)28-14-6-3-7-15-28)11-13-22(29)25-24-27-26-23(33-24)17-18-8-4-2-5-9-18/h2,4-5,8-13,16H,3,6-7,14-15,17H2,1H3,(H,25,27,29)/b13-11+. The third kappa shape index (κ3) is 5.88. The molecule has 0 spiro atoms. The number of rotatable bonds is 8. The molecule has 1 aromatic heterocycles. The maximum Gasteiger partial charge on any atom is 0.250 e. The van der Waals surface area contributed by atoms with Crippen molar-refractivity contribution < 1.29 is 17.9 Å². The zero-order valence-corrected chi connectivity index (χ0v) is 20.4. The molecule has 10 heteroatoms. The van der Waals surface area contributed by atoms with Crippen LogP contribution in [-0.4, -0.2) is 49.0 Å². The van der Waals surface area contributed by atoms with Crippen molar-refractivity contribution in [1.29, 1.82) is 0 Å². The van der Waals surface area contributed by atoms with E-state index in [9.17, 15) is 13.2 Å². The lowest BCUT2D eigenvalue weighted by molar-refractivity contribution is -0.111. The Morgan fingerprint density at radius 3 is 2.62 bits per heavy atom. The zero-order valence-electron chi connectivity index (χ0n) is 18.8. The molecule has 0 bridgehead atoms. The van der Waals surface area contributed by atoms with Gasteiger partial charge in [-0.1, -0.05) is 54.2 Å². The van der Waals surface area contributed by atoms with Crippen LogP contribution in [0.25, 0.3) is 6.08 Å². The first-order chi connectivity index (χ1) is 16.5. The number of anilines is 1. The first-order valence-electron chi connectivity index (χ1n) is 11.0. The number of methoxy groups -OCH3 is 1. The third-order valence-electron chi connectivity index (χ3n) is 5.44. The number of aromatic nitrogens is 2. The molecule has 0 unspecified atom stereocenters. The van der Waals surface area contributed by atoms with Crippen molar-refractivity contribution in [2.24, 2.45) is 0 Å². The summed E-state index contributed by atoms with van der Waals surface area (Å²) in [6.45, 7) is 1.00. The fraction of sp³-hybridized carbons (Fsp3) is 0.292. The lowest BCUT2D eigenvalue weighted by Crippen LogP contribution is -2.35. The minimum absolute atomic E-state index is 0.106. The average molecular weight is 499 g/mol. The van der Waals surface area contributed by atoms with Crippen molar-refractivity contribution in [3.63, 3.8) is 0 Å². The summed E-state index contributed by atoms with van der Waals surface area (Å²) in [5.41, 5.74) is 1.69. The molecule has 34 heavy (non-hydrogen) atoms. The number of sulfonamides is 1. The highest BCUT2D eigenvalue weighted by Crippen LogP contribution is 2.30.